The van der Waals surface area contributed by atoms with Gasteiger partial charge in [0.2, 0.25) is 5.91 Å². The summed E-state index contributed by atoms with van der Waals surface area (Å²) in [6.07, 6.45) is 39.2. The zero-order chi connectivity index (χ0) is 43.4. The molecule has 59 heavy (non-hydrogen) atoms. The number of carboxylic acid groups (broad SMARTS) is 3. The van der Waals surface area contributed by atoms with Gasteiger partial charge in [-0.15, -0.1) is 0 Å². The van der Waals surface area contributed by atoms with Gasteiger partial charge in [0.1, 0.15) is 18.8 Å². The fourth-order valence-corrected chi connectivity index (χ4v) is 6.79. The lowest BCUT2D eigenvalue weighted by Gasteiger charge is -2.25. The Morgan fingerprint density at radius 3 is 1.36 bits per heavy atom. The Morgan fingerprint density at radius 2 is 0.949 bits per heavy atom. The molecule has 0 aromatic rings. The van der Waals surface area contributed by atoms with Gasteiger partial charge in [0.05, 0.1) is 26.3 Å². The van der Waals surface area contributed by atoms with Crippen LogP contribution in [0, 0.1) is 0 Å². The summed E-state index contributed by atoms with van der Waals surface area (Å²) in [4.78, 5) is 47.5. The Kier molecular flexibility index (Phi) is 41.2. The summed E-state index contributed by atoms with van der Waals surface area (Å²) in [7, 11) is 0. The van der Waals surface area contributed by atoms with Crippen LogP contribution in [0.1, 0.15) is 187 Å². The minimum Gasteiger partial charge on any atom is -0.480 e. The Labute approximate surface area is 358 Å². The predicted octanol–water partition coefficient (Wildman–Crippen LogP) is 10.1. The summed E-state index contributed by atoms with van der Waals surface area (Å²) in [5.74, 6) is -4.21. The molecule has 0 aliphatic heterocycles. The summed E-state index contributed by atoms with van der Waals surface area (Å²) in [6, 6.07) is -1.26. The van der Waals surface area contributed by atoms with Crippen LogP contribution in [0.25, 0.3) is 0 Å². The quantitative estimate of drug-likeness (QED) is 0.0340. The number of unbranched alkanes of at least 4 members (excludes halogenated alkanes) is 21. The van der Waals surface area contributed by atoms with Crippen molar-refractivity contribution in [1.29, 1.82) is 0 Å². The van der Waals surface area contributed by atoms with Gasteiger partial charge in [-0.2, -0.15) is 0 Å². The second-order valence-electron chi connectivity index (χ2n) is 15.9. The normalized spacial score (nSPS) is 12.3. The SMILES string of the molecule is CCCCCC/C=C\CCCCCCCCOCC(COCCCCCCCC/C=C\CCCCCC)OCC(=O)NCCCCC(C(=O)O)N(CC(=O)O)CC(=O)O. The van der Waals surface area contributed by atoms with Crippen molar-refractivity contribution < 1.29 is 48.7 Å². The summed E-state index contributed by atoms with van der Waals surface area (Å²) in [6.45, 7) is 5.16. The molecule has 0 saturated carbocycles. The van der Waals surface area contributed by atoms with E-state index >= 15 is 0 Å². The average Bonchev–Trinajstić information content (AvgIpc) is 3.19. The van der Waals surface area contributed by atoms with Gasteiger partial charge < -0.3 is 34.8 Å². The van der Waals surface area contributed by atoms with Crippen molar-refractivity contribution in [3.63, 3.8) is 0 Å². The Morgan fingerprint density at radius 1 is 0.542 bits per heavy atom. The summed E-state index contributed by atoms with van der Waals surface area (Å²) in [5.41, 5.74) is 0. The lowest BCUT2D eigenvalue weighted by atomic mass is 10.1. The first-order valence-electron chi connectivity index (χ1n) is 23.4. The fraction of sp³-hybridized carbons (Fsp3) is 0.830. The second kappa shape index (κ2) is 43.3. The van der Waals surface area contributed by atoms with Crippen molar-refractivity contribution in [2.75, 3.05) is 52.7 Å². The molecule has 0 aromatic heterocycles. The number of nitrogens with one attached hydrogen (secondary N) is 1. The number of hydrogen-bond acceptors (Lipinski definition) is 8. The number of amides is 1. The molecule has 344 valence electrons. The molecule has 0 spiro atoms. The maximum atomic E-state index is 12.6. The highest BCUT2D eigenvalue weighted by molar-refractivity contribution is 5.78. The number of ether oxygens (including phenoxy) is 3. The Bertz CT molecular complexity index is 1010. The van der Waals surface area contributed by atoms with Crippen LogP contribution in [0.15, 0.2) is 24.3 Å². The van der Waals surface area contributed by atoms with Crippen LogP contribution in [0.4, 0.5) is 0 Å². The Hall–Kier alpha value is -2.80. The maximum Gasteiger partial charge on any atom is 0.320 e. The minimum absolute atomic E-state index is 0.0484. The van der Waals surface area contributed by atoms with E-state index in [9.17, 15) is 24.3 Å². The molecule has 0 fully saturated rings. The maximum absolute atomic E-state index is 12.6. The molecular formula is C47H86N2O10. The summed E-state index contributed by atoms with van der Waals surface area (Å²) < 4.78 is 17.8. The van der Waals surface area contributed by atoms with Crippen molar-refractivity contribution >= 4 is 23.8 Å². The van der Waals surface area contributed by atoms with E-state index in [0.29, 0.717) is 39.3 Å². The lowest BCUT2D eigenvalue weighted by molar-refractivity contribution is -0.149. The number of rotatable bonds is 46. The van der Waals surface area contributed by atoms with Crippen LogP contribution in [0.5, 0.6) is 0 Å². The average molecular weight is 839 g/mol. The molecule has 0 rings (SSSR count). The van der Waals surface area contributed by atoms with E-state index in [1.165, 1.54) is 128 Å². The van der Waals surface area contributed by atoms with Crippen molar-refractivity contribution in [1.82, 2.24) is 10.2 Å². The van der Waals surface area contributed by atoms with Crippen molar-refractivity contribution in [3.05, 3.63) is 24.3 Å². The number of nitrogens with zero attached hydrogens (tertiary/aromatic N) is 1. The van der Waals surface area contributed by atoms with Crippen LogP contribution in [0.2, 0.25) is 0 Å². The topological polar surface area (TPSA) is 172 Å². The van der Waals surface area contributed by atoms with E-state index < -0.39 is 37.0 Å². The zero-order valence-electron chi connectivity index (χ0n) is 37.4. The lowest BCUT2D eigenvalue weighted by Crippen LogP contribution is -2.46. The van der Waals surface area contributed by atoms with Gasteiger partial charge in [0.15, 0.2) is 0 Å². The van der Waals surface area contributed by atoms with Crippen LogP contribution >= 0.6 is 0 Å². The number of carbonyl (C=O) groups is 4. The van der Waals surface area contributed by atoms with Gasteiger partial charge in [0, 0.05) is 19.8 Å². The van der Waals surface area contributed by atoms with E-state index in [0.717, 1.165) is 30.6 Å². The first-order chi connectivity index (χ1) is 28.7. The third kappa shape index (κ3) is 40.4. The number of allylic oxidation sites excluding steroid dienone is 4. The van der Waals surface area contributed by atoms with Crippen LogP contribution in [0.3, 0.4) is 0 Å². The number of aliphatic carboxylic acids is 3. The highest BCUT2D eigenvalue weighted by Crippen LogP contribution is 2.12. The van der Waals surface area contributed by atoms with Gasteiger partial charge in [-0.3, -0.25) is 24.1 Å². The highest BCUT2D eigenvalue weighted by Gasteiger charge is 2.28. The second-order valence-corrected chi connectivity index (χ2v) is 15.9. The molecule has 1 amide bonds. The van der Waals surface area contributed by atoms with Gasteiger partial charge >= 0.3 is 17.9 Å². The highest BCUT2D eigenvalue weighted by atomic mass is 16.6. The summed E-state index contributed by atoms with van der Waals surface area (Å²) >= 11 is 0. The molecule has 4 N–H and O–H groups in total. The van der Waals surface area contributed by atoms with Crippen LogP contribution < -0.4 is 5.32 Å². The van der Waals surface area contributed by atoms with Crippen molar-refractivity contribution in [2.45, 2.75) is 199 Å². The van der Waals surface area contributed by atoms with Gasteiger partial charge in [-0.25, -0.2) is 0 Å². The largest absolute Gasteiger partial charge is 0.480 e. The van der Waals surface area contributed by atoms with Crippen LogP contribution in [-0.4, -0.2) is 109 Å². The number of carboxylic acids is 3. The van der Waals surface area contributed by atoms with Gasteiger partial charge in [-0.1, -0.05) is 128 Å². The third-order valence-corrected chi connectivity index (χ3v) is 10.3. The number of carbonyl (C=O) groups excluding carboxylic acids is 1. The van der Waals surface area contributed by atoms with E-state index in [4.69, 9.17) is 24.4 Å². The molecule has 0 bridgehead atoms. The third-order valence-electron chi connectivity index (χ3n) is 10.3. The van der Waals surface area contributed by atoms with E-state index in [1.54, 1.807) is 0 Å². The fourth-order valence-electron chi connectivity index (χ4n) is 6.79. The van der Waals surface area contributed by atoms with Gasteiger partial charge in [-0.05, 0) is 83.5 Å². The zero-order valence-corrected chi connectivity index (χ0v) is 37.4. The molecular weight excluding hydrogens is 753 g/mol. The first-order valence-corrected chi connectivity index (χ1v) is 23.4. The van der Waals surface area contributed by atoms with E-state index in [-0.39, 0.29) is 31.6 Å². The predicted molar refractivity (Wildman–Crippen MR) is 237 cm³/mol. The van der Waals surface area contributed by atoms with Gasteiger partial charge in [0.25, 0.3) is 0 Å². The minimum atomic E-state index is -1.31. The molecule has 0 aliphatic carbocycles. The smallest absolute Gasteiger partial charge is 0.320 e. The molecule has 0 aromatic carbocycles. The molecule has 1 unspecified atom stereocenters. The van der Waals surface area contributed by atoms with Crippen molar-refractivity contribution in [3.8, 4) is 0 Å². The van der Waals surface area contributed by atoms with E-state index in [2.05, 4.69) is 43.5 Å². The standard InChI is InChI=1S/C47H86N2O10/c1-3-5-7-9-11-13-15-17-19-21-23-25-27-31-35-57-39-42(40-58-36-32-28-26-24-22-20-18-16-14-12-10-8-6-4-2)59-41-44(50)48-34-30-29-33-43(47(55)56)49(37-45(51)52)38-46(53)54/h13-16,42-43H,3-12,17-41H2,1-2H3,(H,48,50)(H,51,52)(H,53,54)(H,55,56)/b15-13-,16-14-. The molecule has 0 aliphatic rings. The summed E-state index contributed by atoms with van der Waals surface area (Å²) in [5, 5.41) is 30.5. The molecule has 12 nitrogen and oxygen atoms in total. The monoisotopic (exact) mass is 839 g/mol. The molecule has 0 heterocycles. The van der Waals surface area contributed by atoms with E-state index in [1.807, 2.05) is 0 Å². The number of hydrogen-bond donors (Lipinski definition) is 4. The first kappa shape index (κ1) is 56.2. The molecule has 12 heteroatoms. The van der Waals surface area contributed by atoms with Crippen LogP contribution in [-0.2, 0) is 33.4 Å². The van der Waals surface area contributed by atoms with Crippen molar-refractivity contribution in [2.24, 2.45) is 0 Å². The Balaban J connectivity index is 4.49. The molecule has 0 radical (unpaired) electrons. The molecule has 1 atom stereocenters. The molecule has 0 saturated heterocycles.